The van der Waals surface area contributed by atoms with Crippen molar-refractivity contribution in [2.24, 2.45) is 5.92 Å². The molecule has 2 rings (SSSR count). The summed E-state index contributed by atoms with van der Waals surface area (Å²) in [5.41, 5.74) is 1.06. The maximum absolute atomic E-state index is 12.9. The van der Waals surface area contributed by atoms with Crippen molar-refractivity contribution < 1.29 is 9.50 Å². The molecule has 0 saturated heterocycles. The van der Waals surface area contributed by atoms with E-state index in [-0.39, 0.29) is 16.9 Å². The normalized spacial score (nSPS) is 25.8. The molecule has 0 spiro atoms. The Hall–Kier alpha value is -0.600. The second kappa shape index (κ2) is 4.50. The van der Waals surface area contributed by atoms with Crippen LogP contribution in [-0.2, 0) is 6.42 Å². The minimum Gasteiger partial charge on any atom is -0.393 e. The number of halogens is 2. The Morgan fingerprint density at radius 2 is 2.20 bits per heavy atom. The van der Waals surface area contributed by atoms with E-state index in [2.05, 4.69) is 0 Å². The molecule has 1 aromatic carbocycles. The topological polar surface area (TPSA) is 20.2 Å². The molecule has 1 aromatic rings. The van der Waals surface area contributed by atoms with Gasteiger partial charge in [0.2, 0.25) is 0 Å². The fourth-order valence-electron chi connectivity index (χ4n) is 2.23. The summed E-state index contributed by atoms with van der Waals surface area (Å²) in [6.07, 6.45) is 3.54. The van der Waals surface area contributed by atoms with E-state index in [0.29, 0.717) is 5.92 Å². The van der Waals surface area contributed by atoms with Gasteiger partial charge in [-0.3, -0.25) is 0 Å². The van der Waals surface area contributed by atoms with Gasteiger partial charge < -0.3 is 5.11 Å². The highest BCUT2D eigenvalue weighted by atomic mass is 35.5. The molecular formula is C12H14ClFO. The third-order valence-corrected chi connectivity index (χ3v) is 3.31. The monoisotopic (exact) mass is 228 g/mol. The third-order valence-electron chi connectivity index (χ3n) is 3.02. The second-order valence-corrected chi connectivity index (χ2v) is 4.69. The average molecular weight is 229 g/mol. The van der Waals surface area contributed by atoms with Gasteiger partial charge >= 0.3 is 0 Å². The Bertz CT molecular complexity index is 353. The summed E-state index contributed by atoms with van der Waals surface area (Å²) in [5, 5.41) is 9.58. The van der Waals surface area contributed by atoms with Crippen LogP contribution in [0.4, 0.5) is 4.39 Å². The summed E-state index contributed by atoms with van der Waals surface area (Å²) in [6, 6.07) is 4.86. The van der Waals surface area contributed by atoms with E-state index in [1.54, 1.807) is 12.1 Å². The molecule has 3 heteroatoms. The van der Waals surface area contributed by atoms with Crippen LogP contribution < -0.4 is 0 Å². The summed E-state index contributed by atoms with van der Waals surface area (Å²) in [6.45, 7) is 0. The first-order valence-corrected chi connectivity index (χ1v) is 5.65. The Kier molecular flexibility index (Phi) is 3.27. The van der Waals surface area contributed by atoms with E-state index in [9.17, 15) is 9.50 Å². The van der Waals surface area contributed by atoms with Gasteiger partial charge in [0.15, 0.2) is 0 Å². The standard InChI is InChI=1S/C12H14ClFO/c13-11-7-9(2-4-12(11)14)5-8-1-3-10(15)6-8/h2,4,7-8,10,15H,1,3,5-6H2. The molecule has 0 radical (unpaired) electrons. The number of rotatable bonds is 2. The lowest BCUT2D eigenvalue weighted by Gasteiger charge is -2.09. The minimum absolute atomic E-state index is 0.147. The molecular weight excluding hydrogens is 215 g/mol. The van der Waals surface area contributed by atoms with Crippen molar-refractivity contribution in [3.05, 3.63) is 34.6 Å². The van der Waals surface area contributed by atoms with Crippen molar-refractivity contribution in [2.75, 3.05) is 0 Å². The molecule has 0 amide bonds. The van der Waals surface area contributed by atoms with Crippen molar-refractivity contribution in [2.45, 2.75) is 31.8 Å². The Morgan fingerprint density at radius 3 is 2.80 bits per heavy atom. The zero-order valence-corrected chi connectivity index (χ0v) is 9.17. The summed E-state index contributed by atoms with van der Waals surface area (Å²) < 4.78 is 12.9. The predicted octanol–water partition coefficient (Wildman–Crippen LogP) is 3.18. The highest BCUT2D eigenvalue weighted by molar-refractivity contribution is 6.30. The van der Waals surface area contributed by atoms with E-state index in [1.807, 2.05) is 0 Å². The van der Waals surface area contributed by atoms with Gasteiger partial charge in [-0.05, 0) is 49.3 Å². The summed E-state index contributed by atoms with van der Waals surface area (Å²) in [5.74, 6) is 0.147. The third kappa shape index (κ3) is 2.70. The highest BCUT2D eigenvalue weighted by Gasteiger charge is 2.22. The van der Waals surface area contributed by atoms with Gasteiger partial charge in [-0.1, -0.05) is 17.7 Å². The number of hydrogen-bond acceptors (Lipinski definition) is 1. The first kappa shape index (κ1) is 10.9. The van der Waals surface area contributed by atoms with Crippen molar-refractivity contribution in [1.29, 1.82) is 0 Å². The molecule has 2 unspecified atom stereocenters. The fourth-order valence-corrected chi connectivity index (χ4v) is 2.44. The number of aliphatic hydroxyl groups excluding tert-OH is 1. The molecule has 15 heavy (non-hydrogen) atoms. The molecule has 2 atom stereocenters. The smallest absolute Gasteiger partial charge is 0.141 e. The quantitative estimate of drug-likeness (QED) is 0.824. The van der Waals surface area contributed by atoms with Gasteiger partial charge in [0.25, 0.3) is 0 Å². The van der Waals surface area contributed by atoms with Crippen LogP contribution in [0.1, 0.15) is 24.8 Å². The molecule has 1 aliphatic carbocycles. The second-order valence-electron chi connectivity index (χ2n) is 4.29. The Morgan fingerprint density at radius 1 is 1.40 bits per heavy atom. The van der Waals surface area contributed by atoms with Crippen LogP contribution in [0.5, 0.6) is 0 Å². The molecule has 1 aliphatic rings. The van der Waals surface area contributed by atoms with Crippen LogP contribution in [0.2, 0.25) is 5.02 Å². The lowest BCUT2D eigenvalue weighted by molar-refractivity contribution is 0.177. The molecule has 1 N–H and O–H groups in total. The molecule has 82 valence electrons. The summed E-state index contributed by atoms with van der Waals surface area (Å²) in [4.78, 5) is 0. The van der Waals surface area contributed by atoms with Crippen molar-refractivity contribution >= 4 is 11.6 Å². The first-order valence-electron chi connectivity index (χ1n) is 5.27. The van der Waals surface area contributed by atoms with Crippen LogP contribution in [0, 0.1) is 11.7 Å². The first-order chi connectivity index (χ1) is 7.15. The van der Waals surface area contributed by atoms with Crippen LogP contribution in [0.25, 0.3) is 0 Å². The van der Waals surface area contributed by atoms with E-state index in [0.717, 1.165) is 31.2 Å². The molecule has 0 heterocycles. The van der Waals surface area contributed by atoms with Crippen LogP contribution in [0.3, 0.4) is 0 Å². The van der Waals surface area contributed by atoms with Crippen molar-refractivity contribution in [1.82, 2.24) is 0 Å². The Labute approximate surface area is 93.9 Å². The number of aliphatic hydroxyl groups is 1. The Balaban J connectivity index is 2.02. The highest BCUT2D eigenvalue weighted by Crippen LogP contribution is 2.29. The maximum atomic E-state index is 12.9. The maximum Gasteiger partial charge on any atom is 0.141 e. The van der Waals surface area contributed by atoms with Crippen molar-refractivity contribution in [3.8, 4) is 0 Å². The van der Waals surface area contributed by atoms with E-state index >= 15 is 0 Å². The van der Waals surface area contributed by atoms with E-state index in [4.69, 9.17) is 11.6 Å². The van der Waals surface area contributed by atoms with Crippen LogP contribution >= 0.6 is 11.6 Å². The van der Waals surface area contributed by atoms with E-state index < -0.39 is 0 Å². The lowest BCUT2D eigenvalue weighted by atomic mass is 9.98. The van der Waals surface area contributed by atoms with Gasteiger partial charge in [-0.15, -0.1) is 0 Å². The van der Waals surface area contributed by atoms with Crippen LogP contribution in [-0.4, -0.2) is 11.2 Å². The fraction of sp³-hybridized carbons (Fsp3) is 0.500. The average Bonchev–Trinajstić information content (AvgIpc) is 2.58. The van der Waals surface area contributed by atoms with Crippen molar-refractivity contribution in [3.63, 3.8) is 0 Å². The lowest BCUT2D eigenvalue weighted by Crippen LogP contribution is -2.03. The van der Waals surface area contributed by atoms with Gasteiger partial charge in [-0.2, -0.15) is 0 Å². The number of hydrogen-bond donors (Lipinski definition) is 1. The minimum atomic E-state index is -0.369. The largest absolute Gasteiger partial charge is 0.393 e. The zero-order valence-electron chi connectivity index (χ0n) is 8.42. The van der Waals surface area contributed by atoms with Gasteiger partial charge in [0.05, 0.1) is 11.1 Å². The molecule has 0 aromatic heterocycles. The number of benzene rings is 1. The molecule has 1 saturated carbocycles. The zero-order chi connectivity index (χ0) is 10.8. The molecule has 1 fully saturated rings. The van der Waals surface area contributed by atoms with Crippen LogP contribution in [0.15, 0.2) is 18.2 Å². The predicted molar refractivity (Wildman–Crippen MR) is 58.5 cm³/mol. The van der Waals surface area contributed by atoms with Gasteiger partial charge in [0.1, 0.15) is 5.82 Å². The molecule has 1 nitrogen and oxygen atoms in total. The SMILES string of the molecule is OC1CCC(Cc2ccc(F)c(Cl)c2)C1. The summed E-state index contributed by atoms with van der Waals surface area (Å²) >= 11 is 5.70. The van der Waals surface area contributed by atoms with E-state index in [1.165, 1.54) is 6.07 Å². The van der Waals surface area contributed by atoms with Gasteiger partial charge in [-0.25, -0.2) is 4.39 Å². The van der Waals surface area contributed by atoms with Gasteiger partial charge in [0, 0.05) is 0 Å². The molecule has 0 aliphatic heterocycles. The summed E-state index contributed by atoms with van der Waals surface area (Å²) in [7, 11) is 0. The molecule has 0 bridgehead atoms.